The topological polar surface area (TPSA) is 33.4 Å². The first-order valence-corrected chi connectivity index (χ1v) is 5.24. The van der Waals surface area contributed by atoms with Crippen molar-refractivity contribution in [3.8, 4) is 0 Å². The summed E-state index contributed by atoms with van der Waals surface area (Å²) in [6.07, 6.45) is 0.574. The molecule has 2 nitrogen and oxygen atoms in total. The van der Waals surface area contributed by atoms with E-state index in [1.165, 1.54) is 18.4 Å². The Morgan fingerprint density at radius 3 is 2.71 bits per heavy atom. The van der Waals surface area contributed by atoms with Crippen LogP contribution in [0.25, 0.3) is 0 Å². The molecule has 1 atom stereocenters. The zero-order valence-electron chi connectivity index (χ0n) is 9.28. The maximum atomic E-state index is 13.4. The fraction of sp³-hybridized carbons (Fsp3) is 0.231. The van der Waals surface area contributed by atoms with E-state index in [1.807, 2.05) is 0 Å². The average molecular weight is 238 g/mol. The summed E-state index contributed by atoms with van der Waals surface area (Å²) in [6, 6.07) is 5.55. The minimum Gasteiger partial charge on any atom is -0.469 e. The quantitative estimate of drug-likeness (QED) is 0.891. The number of aliphatic hydroxyl groups is 1. The molecule has 1 aromatic heterocycles. The Morgan fingerprint density at radius 1 is 1.29 bits per heavy atom. The molecule has 1 N–H and O–H groups in total. The Morgan fingerprint density at radius 2 is 2.06 bits per heavy atom. The molecule has 1 heterocycles. The van der Waals surface area contributed by atoms with Crippen LogP contribution in [0, 0.1) is 18.6 Å². The summed E-state index contributed by atoms with van der Waals surface area (Å²) in [5, 5.41) is 9.91. The highest BCUT2D eigenvalue weighted by atomic mass is 19.2. The smallest absolute Gasteiger partial charge is 0.162 e. The van der Waals surface area contributed by atoms with Gasteiger partial charge in [0.15, 0.2) is 11.6 Å². The van der Waals surface area contributed by atoms with E-state index in [4.69, 9.17) is 4.42 Å². The molecule has 17 heavy (non-hydrogen) atoms. The lowest BCUT2D eigenvalue weighted by Gasteiger charge is -2.10. The molecule has 90 valence electrons. The summed E-state index contributed by atoms with van der Waals surface area (Å²) >= 11 is 0. The second kappa shape index (κ2) is 4.67. The van der Waals surface area contributed by atoms with Crippen molar-refractivity contribution < 1.29 is 18.3 Å². The summed E-state index contributed by atoms with van der Waals surface area (Å²) in [4.78, 5) is 0. The SMILES string of the molecule is Cc1occc1C(O)Cc1cccc(F)c1F. The van der Waals surface area contributed by atoms with E-state index in [-0.39, 0.29) is 12.0 Å². The summed E-state index contributed by atoms with van der Waals surface area (Å²) in [7, 11) is 0. The molecule has 0 radical (unpaired) electrons. The summed E-state index contributed by atoms with van der Waals surface area (Å²) in [5.41, 5.74) is 0.742. The van der Waals surface area contributed by atoms with Gasteiger partial charge in [-0.05, 0) is 24.6 Å². The molecule has 2 rings (SSSR count). The first kappa shape index (κ1) is 11.8. The van der Waals surface area contributed by atoms with E-state index in [0.29, 0.717) is 11.3 Å². The predicted octanol–water partition coefficient (Wildman–Crippen LogP) is 3.14. The van der Waals surface area contributed by atoms with Crippen LogP contribution < -0.4 is 0 Å². The average Bonchev–Trinajstić information content (AvgIpc) is 2.71. The van der Waals surface area contributed by atoms with E-state index in [2.05, 4.69) is 0 Å². The van der Waals surface area contributed by atoms with E-state index in [1.54, 1.807) is 13.0 Å². The maximum absolute atomic E-state index is 13.4. The van der Waals surface area contributed by atoms with E-state index in [0.717, 1.165) is 6.07 Å². The van der Waals surface area contributed by atoms with E-state index < -0.39 is 17.7 Å². The number of furan rings is 1. The number of aryl methyl sites for hydroxylation is 1. The zero-order valence-corrected chi connectivity index (χ0v) is 9.28. The van der Waals surface area contributed by atoms with Crippen molar-refractivity contribution in [2.45, 2.75) is 19.4 Å². The monoisotopic (exact) mass is 238 g/mol. The molecule has 0 bridgehead atoms. The Balaban J connectivity index is 2.22. The molecule has 1 unspecified atom stereocenters. The molecule has 4 heteroatoms. The van der Waals surface area contributed by atoms with Crippen molar-refractivity contribution in [2.75, 3.05) is 0 Å². The Bertz CT molecular complexity index is 520. The van der Waals surface area contributed by atoms with Gasteiger partial charge in [0, 0.05) is 12.0 Å². The van der Waals surface area contributed by atoms with Crippen molar-refractivity contribution in [1.29, 1.82) is 0 Å². The van der Waals surface area contributed by atoms with Crippen LogP contribution in [0.4, 0.5) is 8.78 Å². The van der Waals surface area contributed by atoms with Gasteiger partial charge in [0.05, 0.1) is 12.4 Å². The molecule has 0 saturated heterocycles. The Kier molecular flexibility index (Phi) is 3.24. The van der Waals surface area contributed by atoms with Crippen LogP contribution in [0.2, 0.25) is 0 Å². The van der Waals surface area contributed by atoms with Gasteiger partial charge < -0.3 is 9.52 Å². The lowest BCUT2D eigenvalue weighted by Crippen LogP contribution is -2.04. The standard InChI is InChI=1S/C13H12F2O2/c1-8-10(5-6-17-8)12(16)7-9-3-2-4-11(14)13(9)15/h2-6,12,16H,7H2,1H3. The molecule has 2 aromatic rings. The number of rotatable bonds is 3. The van der Waals surface area contributed by atoms with Crippen LogP contribution in [-0.4, -0.2) is 5.11 Å². The Hall–Kier alpha value is -1.68. The molecule has 0 aliphatic heterocycles. The van der Waals surface area contributed by atoms with Crippen molar-refractivity contribution in [1.82, 2.24) is 0 Å². The number of hydrogen-bond acceptors (Lipinski definition) is 2. The minimum absolute atomic E-state index is 0.0178. The minimum atomic E-state index is -0.910. The first-order chi connectivity index (χ1) is 8.09. The van der Waals surface area contributed by atoms with Gasteiger partial charge in [-0.2, -0.15) is 0 Å². The lowest BCUT2D eigenvalue weighted by molar-refractivity contribution is 0.175. The largest absolute Gasteiger partial charge is 0.469 e. The number of benzene rings is 1. The van der Waals surface area contributed by atoms with E-state index in [9.17, 15) is 13.9 Å². The van der Waals surface area contributed by atoms with Gasteiger partial charge in [0.2, 0.25) is 0 Å². The predicted molar refractivity (Wildman–Crippen MR) is 58.5 cm³/mol. The molecule has 1 aromatic carbocycles. The molecule has 0 fully saturated rings. The van der Waals surface area contributed by atoms with Crippen molar-refractivity contribution in [3.63, 3.8) is 0 Å². The zero-order chi connectivity index (χ0) is 12.4. The van der Waals surface area contributed by atoms with Crippen LogP contribution in [0.3, 0.4) is 0 Å². The molecule has 0 aliphatic carbocycles. The van der Waals surface area contributed by atoms with Gasteiger partial charge in [-0.15, -0.1) is 0 Å². The van der Waals surface area contributed by atoms with Crippen molar-refractivity contribution in [3.05, 3.63) is 59.1 Å². The van der Waals surface area contributed by atoms with Gasteiger partial charge in [-0.1, -0.05) is 12.1 Å². The molecule has 0 saturated carbocycles. The molecular formula is C13H12F2O2. The lowest BCUT2D eigenvalue weighted by atomic mass is 10.0. The highest BCUT2D eigenvalue weighted by Crippen LogP contribution is 2.24. The van der Waals surface area contributed by atoms with Gasteiger partial charge in [-0.3, -0.25) is 0 Å². The van der Waals surface area contributed by atoms with Crippen LogP contribution in [-0.2, 0) is 6.42 Å². The molecule has 0 amide bonds. The summed E-state index contributed by atoms with van der Waals surface area (Å²) < 4.78 is 31.4. The fourth-order valence-electron chi connectivity index (χ4n) is 1.76. The van der Waals surface area contributed by atoms with Gasteiger partial charge in [0.25, 0.3) is 0 Å². The Labute approximate surface area is 97.5 Å². The number of hydrogen-bond donors (Lipinski definition) is 1. The third-order valence-electron chi connectivity index (χ3n) is 2.70. The second-order valence-corrected chi connectivity index (χ2v) is 3.86. The molecular weight excluding hydrogens is 226 g/mol. The maximum Gasteiger partial charge on any atom is 0.162 e. The summed E-state index contributed by atoms with van der Waals surface area (Å²) in [5.74, 6) is -1.24. The third-order valence-corrected chi connectivity index (χ3v) is 2.70. The van der Waals surface area contributed by atoms with Crippen LogP contribution in [0.1, 0.15) is 23.0 Å². The number of aliphatic hydroxyl groups excluding tert-OH is 1. The second-order valence-electron chi connectivity index (χ2n) is 3.86. The first-order valence-electron chi connectivity index (χ1n) is 5.24. The summed E-state index contributed by atoms with van der Waals surface area (Å²) in [6.45, 7) is 1.71. The molecule has 0 spiro atoms. The highest BCUT2D eigenvalue weighted by Gasteiger charge is 2.16. The van der Waals surface area contributed by atoms with Crippen LogP contribution >= 0.6 is 0 Å². The highest BCUT2D eigenvalue weighted by molar-refractivity contribution is 5.24. The van der Waals surface area contributed by atoms with E-state index >= 15 is 0 Å². The van der Waals surface area contributed by atoms with Gasteiger partial charge >= 0.3 is 0 Å². The van der Waals surface area contributed by atoms with Gasteiger partial charge in [-0.25, -0.2) is 8.78 Å². The fourth-order valence-corrected chi connectivity index (χ4v) is 1.76. The third kappa shape index (κ3) is 2.36. The van der Waals surface area contributed by atoms with Crippen LogP contribution in [0.5, 0.6) is 0 Å². The molecule has 0 aliphatic rings. The van der Waals surface area contributed by atoms with Crippen LogP contribution in [0.15, 0.2) is 34.9 Å². The van der Waals surface area contributed by atoms with Crippen molar-refractivity contribution in [2.24, 2.45) is 0 Å². The van der Waals surface area contributed by atoms with Crippen molar-refractivity contribution >= 4 is 0 Å². The number of halogens is 2. The normalized spacial score (nSPS) is 12.7. The van der Waals surface area contributed by atoms with Gasteiger partial charge in [0.1, 0.15) is 5.76 Å².